The Morgan fingerprint density at radius 2 is 1.85 bits per heavy atom. The largest absolute Gasteiger partial charge is 0.872 e. The van der Waals surface area contributed by atoms with Gasteiger partial charge in [0, 0.05) is 29.4 Å². The van der Waals surface area contributed by atoms with E-state index in [1.165, 1.54) is 4.90 Å². The summed E-state index contributed by atoms with van der Waals surface area (Å²) in [5, 5.41) is 13.7. The molecule has 7 heteroatoms. The van der Waals surface area contributed by atoms with E-state index in [2.05, 4.69) is 29.8 Å². The first-order valence-corrected chi connectivity index (χ1v) is 12.8. The molecule has 0 bridgehead atoms. The summed E-state index contributed by atoms with van der Waals surface area (Å²) >= 11 is 3.44. The second kappa shape index (κ2) is 10.3. The number of quaternary nitrogens is 1. The van der Waals surface area contributed by atoms with Crippen molar-refractivity contribution >= 4 is 33.4 Å². The summed E-state index contributed by atoms with van der Waals surface area (Å²) in [6.45, 7) is 9.62. The van der Waals surface area contributed by atoms with Gasteiger partial charge in [0.15, 0.2) is 0 Å². The lowest BCUT2D eigenvalue weighted by Crippen LogP contribution is -3.11. The van der Waals surface area contributed by atoms with Gasteiger partial charge in [-0.3, -0.25) is 9.59 Å². The first-order chi connectivity index (χ1) is 16.3. The molecule has 1 N–H and O–H groups in total. The van der Waals surface area contributed by atoms with Crippen molar-refractivity contribution in [3.05, 3.63) is 69.2 Å². The monoisotopic (exact) mass is 526 g/mol. The van der Waals surface area contributed by atoms with Gasteiger partial charge in [0.25, 0.3) is 5.91 Å². The molecule has 2 aromatic carbocycles. The maximum absolute atomic E-state index is 13.7. The van der Waals surface area contributed by atoms with Crippen molar-refractivity contribution < 1.29 is 24.3 Å². The maximum atomic E-state index is 13.7. The molecule has 34 heavy (non-hydrogen) atoms. The molecule has 1 saturated heterocycles. The van der Waals surface area contributed by atoms with Gasteiger partial charge in [-0.2, -0.15) is 0 Å². The number of carbonyl (C=O) groups excluding carboxylic acids is 2. The van der Waals surface area contributed by atoms with Crippen molar-refractivity contribution in [2.45, 2.75) is 45.8 Å². The first-order valence-electron chi connectivity index (χ1n) is 12.0. The van der Waals surface area contributed by atoms with Gasteiger partial charge in [-0.15, -0.1) is 0 Å². The summed E-state index contributed by atoms with van der Waals surface area (Å²) in [5.41, 5.74) is 2.17. The molecule has 4 rings (SSSR count). The Labute approximate surface area is 209 Å². The zero-order chi connectivity index (χ0) is 24.4. The third kappa shape index (κ3) is 4.77. The number of ether oxygens (including phenoxy) is 1. The van der Waals surface area contributed by atoms with Crippen molar-refractivity contribution in [3.8, 4) is 5.75 Å². The molecule has 180 valence electrons. The quantitative estimate of drug-likeness (QED) is 0.325. The third-order valence-electron chi connectivity index (χ3n) is 6.80. The number of rotatable bonds is 8. The van der Waals surface area contributed by atoms with Crippen LogP contribution in [0.1, 0.15) is 49.9 Å². The highest BCUT2D eigenvalue weighted by atomic mass is 79.9. The van der Waals surface area contributed by atoms with Crippen LogP contribution in [0.25, 0.3) is 5.76 Å². The third-order valence-corrected chi connectivity index (χ3v) is 7.33. The number of likely N-dealkylation sites (tertiary alicyclic amines) is 1. The van der Waals surface area contributed by atoms with Crippen LogP contribution in [0.5, 0.6) is 5.75 Å². The Morgan fingerprint density at radius 1 is 1.15 bits per heavy atom. The molecule has 2 aromatic rings. The van der Waals surface area contributed by atoms with Crippen molar-refractivity contribution in [1.29, 1.82) is 0 Å². The molecule has 0 radical (unpaired) electrons. The van der Waals surface area contributed by atoms with Gasteiger partial charge in [-0.1, -0.05) is 39.9 Å². The summed E-state index contributed by atoms with van der Waals surface area (Å²) in [6.07, 6.45) is 1.54. The first kappa shape index (κ1) is 24.5. The Morgan fingerprint density at radius 3 is 2.53 bits per heavy atom. The normalized spacial score (nSPS) is 21.3. The number of carbonyl (C=O) groups is 2. The second-order valence-corrected chi connectivity index (χ2v) is 9.96. The van der Waals surface area contributed by atoms with Gasteiger partial charge < -0.3 is 19.6 Å². The van der Waals surface area contributed by atoms with Crippen molar-refractivity contribution in [2.24, 2.45) is 0 Å². The molecular formula is C27H31BrN2O4. The lowest BCUT2D eigenvalue weighted by Gasteiger charge is -2.28. The Hall–Kier alpha value is -2.64. The van der Waals surface area contributed by atoms with Crippen LogP contribution < -0.4 is 14.7 Å². The van der Waals surface area contributed by atoms with Crippen LogP contribution in [0.15, 0.2) is 52.5 Å². The fraction of sp³-hybridized carbons (Fsp3) is 0.407. The minimum Gasteiger partial charge on any atom is -0.872 e. The predicted molar refractivity (Wildman–Crippen MR) is 132 cm³/mol. The van der Waals surface area contributed by atoms with Gasteiger partial charge in [-0.05, 0) is 61.7 Å². The molecule has 2 aliphatic heterocycles. The van der Waals surface area contributed by atoms with Crippen LogP contribution in [0.3, 0.4) is 0 Å². The van der Waals surface area contributed by atoms with Crippen LogP contribution >= 0.6 is 15.9 Å². The molecule has 1 amide bonds. The number of halogens is 1. The standard InChI is InChI=1S/C27H31BrN2O4/c1-4-29(5-2)13-6-14-30-24(18-7-10-21(28)11-8-18)23(26(32)27(30)33)25(31)19-9-12-22-20(16-19)15-17(3)34-22/h7-12,16-17,24,31H,4-6,13-15H2,1-3H3/b25-23+. The zero-order valence-corrected chi connectivity index (χ0v) is 21.5. The lowest BCUT2D eigenvalue weighted by molar-refractivity contribution is -0.896. The van der Waals surface area contributed by atoms with Crippen LogP contribution in [0, 0.1) is 0 Å². The topological polar surface area (TPSA) is 74.1 Å². The van der Waals surface area contributed by atoms with E-state index in [1.807, 2.05) is 31.2 Å². The van der Waals surface area contributed by atoms with Gasteiger partial charge in [0.05, 0.1) is 25.7 Å². The Bertz CT molecular complexity index is 1110. The van der Waals surface area contributed by atoms with Gasteiger partial charge >= 0.3 is 0 Å². The van der Waals surface area contributed by atoms with Gasteiger partial charge in [0.2, 0.25) is 5.78 Å². The van der Waals surface area contributed by atoms with Gasteiger partial charge in [-0.25, -0.2) is 0 Å². The summed E-state index contributed by atoms with van der Waals surface area (Å²) < 4.78 is 6.64. The van der Waals surface area contributed by atoms with Crippen LogP contribution in [0.4, 0.5) is 0 Å². The molecule has 0 saturated carbocycles. The number of nitrogens with zero attached hydrogens (tertiary/aromatic N) is 1. The molecule has 2 aliphatic rings. The van der Waals surface area contributed by atoms with Crippen molar-refractivity contribution in [2.75, 3.05) is 26.2 Å². The lowest BCUT2D eigenvalue weighted by atomic mass is 9.94. The second-order valence-electron chi connectivity index (χ2n) is 9.04. The number of ketones is 1. The van der Waals surface area contributed by atoms with Crippen LogP contribution in [-0.2, 0) is 16.0 Å². The number of Topliss-reactive ketones (excluding diaryl/α,β-unsaturated/α-hetero) is 1. The number of benzene rings is 2. The van der Waals surface area contributed by atoms with E-state index in [4.69, 9.17) is 4.74 Å². The van der Waals surface area contributed by atoms with Crippen molar-refractivity contribution in [1.82, 2.24) is 4.90 Å². The predicted octanol–water partition coefficient (Wildman–Crippen LogP) is 2.31. The highest BCUT2D eigenvalue weighted by Crippen LogP contribution is 2.40. The van der Waals surface area contributed by atoms with E-state index >= 15 is 0 Å². The zero-order valence-electron chi connectivity index (χ0n) is 19.9. The minimum absolute atomic E-state index is 0.0365. The molecule has 1 fully saturated rings. The van der Waals surface area contributed by atoms with E-state index in [9.17, 15) is 14.7 Å². The van der Waals surface area contributed by atoms with Crippen molar-refractivity contribution in [3.63, 3.8) is 0 Å². The highest BCUT2D eigenvalue weighted by molar-refractivity contribution is 9.10. The fourth-order valence-electron chi connectivity index (χ4n) is 4.91. The smallest absolute Gasteiger partial charge is 0.295 e. The van der Waals surface area contributed by atoms with Gasteiger partial charge in [0.1, 0.15) is 11.9 Å². The molecular weight excluding hydrogens is 496 g/mol. The average molecular weight is 527 g/mol. The molecule has 0 aromatic heterocycles. The highest BCUT2D eigenvalue weighted by Gasteiger charge is 2.44. The number of hydrogen-bond acceptors (Lipinski definition) is 4. The van der Waals surface area contributed by atoms with Crippen LogP contribution in [-0.4, -0.2) is 48.9 Å². The molecule has 2 atom stereocenters. The summed E-state index contributed by atoms with van der Waals surface area (Å²) in [6, 6.07) is 12.1. The molecule has 2 heterocycles. The molecule has 2 unspecified atom stereocenters. The molecule has 0 spiro atoms. The number of nitrogens with one attached hydrogen (secondary N) is 1. The average Bonchev–Trinajstić information content (AvgIpc) is 3.32. The van der Waals surface area contributed by atoms with E-state index < -0.39 is 17.7 Å². The fourth-order valence-corrected chi connectivity index (χ4v) is 5.18. The SMILES string of the molecule is CC[NH+](CC)CCCN1C(=O)C(=O)/C(=C(/[O-])c2ccc3c(c2)CC(C)O3)C1c1ccc(Br)cc1. The summed E-state index contributed by atoms with van der Waals surface area (Å²) in [7, 11) is 0. The number of hydrogen-bond donors (Lipinski definition) is 1. The van der Waals surface area contributed by atoms with E-state index in [0.717, 1.165) is 47.4 Å². The van der Waals surface area contributed by atoms with E-state index in [-0.39, 0.29) is 17.4 Å². The summed E-state index contributed by atoms with van der Waals surface area (Å²) in [5.74, 6) is -0.902. The molecule has 0 aliphatic carbocycles. The van der Waals surface area contributed by atoms with E-state index in [0.29, 0.717) is 18.5 Å². The number of amides is 1. The number of fused-ring (bicyclic) bond motifs is 1. The Kier molecular flexibility index (Phi) is 7.43. The molecule has 6 nitrogen and oxygen atoms in total. The maximum Gasteiger partial charge on any atom is 0.295 e. The Balaban J connectivity index is 1.72. The summed E-state index contributed by atoms with van der Waals surface area (Å²) in [4.78, 5) is 29.3. The minimum atomic E-state index is -0.696. The van der Waals surface area contributed by atoms with E-state index in [1.54, 1.807) is 23.1 Å². The van der Waals surface area contributed by atoms with Crippen LogP contribution in [0.2, 0.25) is 0 Å².